The van der Waals surface area contributed by atoms with Gasteiger partial charge in [-0.15, -0.1) is 4.36 Å². The van der Waals surface area contributed by atoms with Crippen LogP contribution in [0.1, 0.15) is 36.7 Å². The number of aryl methyl sites for hydroxylation is 1. The number of carboxylic acids is 1. The molecule has 0 fully saturated rings. The number of nitrogens with zero attached hydrogens (tertiary/aromatic N) is 1. The lowest BCUT2D eigenvalue weighted by molar-refractivity contribution is 0.0606. The molecule has 0 aromatic heterocycles. The zero-order chi connectivity index (χ0) is 15.8. The molecule has 0 saturated heterocycles. The Kier molecular flexibility index (Phi) is 3.79. The van der Waals surface area contributed by atoms with Gasteiger partial charge in [-0.3, -0.25) is 0 Å². The van der Waals surface area contributed by atoms with Crippen LogP contribution in [0.4, 0.5) is 4.79 Å². The Morgan fingerprint density at radius 2 is 2.00 bits per heavy atom. The van der Waals surface area contributed by atoms with E-state index in [1.165, 1.54) is 18.2 Å². The van der Waals surface area contributed by atoms with Crippen LogP contribution in [0, 0.1) is 0 Å². The second-order valence-corrected chi connectivity index (χ2v) is 8.11. The topological polar surface area (TPSA) is 93.0 Å². The van der Waals surface area contributed by atoms with Crippen molar-refractivity contribution in [2.24, 2.45) is 4.36 Å². The molecule has 1 atom stereocenters. The standard InChI is InChI=1S/C14H17NO5S/c1-14(2,3)20-13(18)15-21(19)7-6-9-8-10(12(16)17)4-5-11(9)21/h4-5,8H,6-7H2,1-3H3,(H,16,17). The lowest BCUT2D eigenvalue weighted by Crippen LogP contribution is -2.22. The molecule has 0 radical (unpaired) electrons. The maximum atomic E-state index is 12.8. The summed E-state index contributed by atoms with van der Waals surface area (Å²) in [5, 5.41) is 8.95. The van der Waals surface area contributed by atoms with Crippen LogP contribution in [0.2, 0.25) is 0 Å². The van der Waals surface area contributed by atoms with Gasteiger partial charge in [0.25, 0.3) is 0 Å². The number of ether oxygens (including phenoxy) is 1. The van der Waals surface area contributed by atoms with E-state index in [2.05, 4.69) is 4.36 Å². The molecule has 114 valence electrons. The molecule has 1 aliphatic rings. The predicted octanol–water partition coefficient (Wildman–Crippen LogP) is 2.70. The molecule has 1 heterocycles. The zero-order valence-electron chi connectivity index (χ0n) is 12.1. The first-order chi connectivity index (χ1) is 9.61. The molecule has 7 heteroatoms. The number of carbonyl (C=O) groups is 2. The molecule has 0 saturated carbocycles. The normalized spacial score (nSPS) is 20.7. The highest BCUT2D eigenvalue weighted by molar-refractivity contribution is 7.94. The minimum absolute atomic E-state index is 0.134. The van der Waals surface area contributed by atoms with Crippen LogP contribution >= 0.6 is 0 Å². The molecule has 1 unspecified atom stereocenters. The molecule has 1 amide bonds. The summed E-state index contributed by atoms with van der Waals surface area (Å²) in [6.45, 7) is 5.11. The Labute approximate surface area is 123 Å². The van der Waals surface area contributed by atoms with Crippen LogP contribution in [-0.2, 0) is 20.9 Å². The van der Waals surface area contributed by atoms with Gasteiger partial charge < -0.3 is 9.84 Å². The Morgan fingerprint density at radius 1 is 1.33 bits per heavy atom. The van der Waals surface area contributed by atoms with E-state index >= 15 is 0 Å². The maximum Gasteiger partial charge on any atom is 0.442 e. The summed E-state index contributed by atoms with van der Waals surface area (Å²) < 4.78 is 21.6. The number of amides is 1. The minimum atomic E-state index is -2.87. The Bertz CT molecular complexity index is 723. The molecule has 0 spiro atoms. The fourth-order valence-corrected chi connectivity index (χ4v) is 4.11. The number of carboxylic acid groups (broad SMARTS) is 1. The molecule has 1 aliphatic heterocycles. The first kappa shape index (κ1) is 15.5. The van der Waals surface area contributed by atoms with E-state index in [1.807, 2.05) is 0 Å². The summed E-state index contributed by atoms with van der Waals surface area (Å²) in [4.78, 5) is 23.1. The number of aromatic carboxylic acids is 1. The zero-order valence-corrected chi connectivity index (χ0v) is 12.9. The van der Waals surface area contributed by atoms with Crippen molar-refractivity contribution in [3.63, 3.8) is 0 Å². The van der Waals surface area contributed by atoms with Crippen molar-refractivity contribution in [3.05, 3.63) is 29.3 Å². The van der Waals surface area contributed by atoms with E-state index < -0.39 is 27.4 Å². The van der Waals surface area contributed by atoms with Crippen molar-refractivity contribution in [1.82, 2.24) is 0 Å². The smallest absolute Gasteiger partial charge is 0.442 e. The van der Waals surface area contributed by atoms with E-state index in [1.54, 1.807) is 20.8 Å². The van der Waals surface area contributed by atoms with Crippen molar-refractivity contribution in [1.29, 1.82) is 0 Å². The predicted molar refractivity (Wildman–Crippen MR) is 77.0 cm³/mol. The van der Waals surface area contributed by atoms with E-state index in [0.717, 1.165) is 0 Å². The van der Waals surface area contributed by atoms with Gasteiger partial charge in [-0.1, -0.05) is 0 Å². The summed E-state index contributed by atoms with van der Waals surface area (Å²) in [7, 11) is -2.87. The van der Waals surface area contributed by atoms with Gasteiger partial charge >= 0.3 is 12.1 Å². The highest BCUT2D eigenvalue weighted by Crippen LogP contribution is 2.29. The highest BCUT2D eigenvalue weighted by atomic mass is 32.2. The lowest BCUT2D eigenvalue weighted by Gasteiger charge is -2.17. The van der Waals surface area contributed by atoms with Crippen LogP contribution in [0.15, 0.2) is 27.5 Å². The minimum Gasteiger partial charge on any atom is -0.478 e. The third-order valence-electron chi connectivity index (χ3n) is 2.91. The SMILES string of the molecule is CC(C)(C)OC(=O)N=S1(=O)CCc2cc(C(=O)O)ccc21. The van der Waals surface area contributed by atoms with Gasteiger partial charge in [-0.05, 0) is 51.0 Å². The summed E-state index contributed by atoms with van der Waals surface area (Å²) >= 11 is 0. The van der Waals surface area contributed by atoms with Crippen LogP contribution in [0.3, 0.4) is 0 Å². The number of carbonyl (C=O) groups excluding carboxylic acids is 1. The van der Waals surface area contributed by atoms with E-state index in [-0.39, 0.29) is 11.3 Å². The molecule has 21 heavy (non-hydrogen) atoms. The summed E-state index contributed by atoms with van der Waals surface area (Å²) in [5.74, 6) is -0.842. The van der Waals surface area contributed by atoms with Crippen molar-refractivity contribution < 1.29 is 23.6 Å². The van der Waals surface area contributed by atoms with Gasteiger partial charge in [0.05, 0.1) is 20.2 Å². The fraction of sp³-hybridized carbons (Fsp3) is 0.429. The summed E-state index contributed by atoms with van der Waals surface area (Å²) in [6.07, 6.45) is -0.427. The molecule has 1 aromatic rings. The van der Waals surface area contributed by atoms with Gasteiger partial charge in [0.2, 0.25) is 0 Å². The third-order valence-corrected chi connectivity index (χ3v) is 5.20. The van der Waals surface area contributed by atoms with Crippen molar-refractivity contribution in [3.8, 4) is 0 Å². The second-order valence-electron chi connectivity index (χ2n) is 5.79. The first-order valence-electron chi connectivity index (χ1n) is 6.45. The summed E-state index contributed by atoms with van der Waals surface area (Å²) in [6, 6.07) is 4.33. The largest absolute Gasteiger partial charge is 0.478 e. The molecule has 0 bridgehead atoms. The van der Waals surface area contributed by atoms with E-state index in [4.69, 9.17) is 9.84 Å². The average molecular weight is 311 g/mol. The van der Waals surface area contributed by atoms with Crippen molar-refractivity contribution in [2.45, 2.75) is 37.7 Å². The summed E-state index contributed by atoms with van der Waals surface area (Å²) in [5.41, 5.74) is 0.0900. The number of rotatable bonds is 1. The van der Waals surface area contributed by atoms with Gasteiger partial charge in [-0.2, -0.15) is 0 Å². The lowest BCUT2D eigenvalue weighted by atomic mass is 10.1. The Balaban J connectivity index is 2.39. The first-order valence-corrected chi connectivity index (χ1v) is 8.13. The molecule has 1 N–H and O–H groups in total. The average Bonchev–Trinajstić information content (AvgIpc) is 2.63. The van der Waals surface area contributed by atoms with E-state index in [9.17, 15) is 13.8 Å². The van der Waals surface area contributed by atoms with Crippen LogP contribution in [-0.4, -0.2) is 32.7 Å². The van der Waals surface area contributed by atoms with Gasteiger partial charge in [0.1, 0.15) is 5.60 Å². The van der Waals surface area contributed by atoms with Gasteiger partial charge in [-0.25, -0.2) is 13.8 Å². The monoisotopic (exact) mass is 311 g/mol. The quantitative estimate of drug-likeness (QED) is 0.860. The van der Waals surface area contributed by atoms with Crippen molar-refractivity contribution >= 4 is 21.8 Å². The molecule has 2 rings (SSSR count). The number of fused-ring (bicyclic) bond motifs is 1. The van der Waals surface area contributed by atoms with Crippen LogP contribution < -0.4 is 0 Å². The molecule has 1 aromatic carbocycles. The molecular formula is C14H17NO5S. The van der Waals surface area contributed by atoms with Gasteiger partial charge in [0, 0.05) is 5.75 Å². The molecular weight excluding hydrogens is 294 g/mol. The van der Waals surface area contributed by atoms with Gasteiger partial charge in [0.15, 0.2) is 0 Å². The molecule has 0 aliphatic carbocycles. The van der Waals surface area contributed by atoms with Crippen LogP contribution in [0.5, 0.6) is 0 Å². The third kappa shape index (κ3) is 3.41. The number of hydrogen-bond acceptors (Lipinski definition) is 4. The maximum absolute atomic E-state index is 12.8. The highest BCUT2D eigenvalue weighted by Gasteiger charge is 2.28. The Morgan fingerprint density at radius 3 is 2.57 bits per heavy atom. The Hall–Kier alpha value is -1.89. The second kappa shape index (κ2) is 5.14. The number of hydrogen-bond donors (Lipinski definition) is 1. The number of benzene rings is 1. The van der Waals surface area contributed by atoms with E-state index in [0.29, 0.717) is 16.9 Å². The van der Waals surface area contributed by atoms with Crippen LogP contribution in [0.25, 0.3) is 0 Å². The fourth-order valence-electron chi connectivity index (χ4n) is 2.07. The molecule has 6 nitrogen and oxygen atoms in total. The van der Waals surface area contributed by atoms with Crippen molar-refractivity contribution in [2.75, 3.05) is 5.75 Å².